The Hall–Kier alpha value is -1.64. The molecule has 1 N–H and O–H groups in total. The number of fused-ring (bicyclic) bond motifs is 1. The highest BCUT2D eigenvalue weighted by Gasteiger charge is 2.54. The van der Waals surface area contributed by atoms with Gasteiger partial charge in [-0.05, 0) is 41.9 Å². The van der Waals surface area contributed by atoms with Crippen molar-refractivity contribution < 1.29 is 9.84 Å². The predicted molar refractivity (Wildman–Crippen MR) is 87.5 cm³/mol. The van der Waals surface area contributed by atoms with Gasteiger partial charge in [0, 0.05) is 0 Å². The molecule has 0 amide bonds. The third-order valence-corrected chi connectivity index (χ3v) is 5.43. The molecule has 0 radical (unpaired) electrons. The predicted octanol–water partition coefficient (Wildman–Crippen LogP) is 4.13. The maximum atomic E-state index is 11.2. The molecule has 1 aliphatic carbocycles. The van der Waals surface area contributed by atoms with Gasteiger partial charge in [-0.3, -0.25) is 0 Å². The molecule has 1 aliphatic heterocycles. The summed E-state index contributed by atoms with van der Waals surface area (Å²) in [6.07, 6.45) is 3.56. The SMILES string of the molecule is CC[C@](O)(c1ccc(-c2ccccc2)cc1)[C@H]1CC2O[C@H]2C1. The standard InChI is InChI=1S/C20H22O2/c1-2-20(21,17-12-18-19(13-17)22-18)16-10-8-15(9-11-16)14-6-4-3-5-7-14/h3-11,17-19,21H,2,12-13H2,1H3/t17-,18+,19?,20+/m1/s1. The molecular formula is C20H22O2. The number of epoxide rings is 1. The van der Waals surface area contributed by atoms with Crippen molar-refractivity contribution in [2.75, 3.05) is 0 Å². The summed E-state index contributed by atoms with van der Waals surface area (Å²) in [5, 5.41) is 11.2. The zero-order valence-corrected chi connectivity index (χ0v) is 12.9. The van der Waals surface area contributed by atoms with Crippen molar-refractivity contribution in [1.82, 2.24) is 0 Å². The zero-order valence-electron chi connectivity index (χ0n) is 12.9. The van der Waals surface area contributed by atoms with E-state index < -0.39 is 5.60 Å². The Morgan fingerprint density at radius 2 is 1.55 bits per heavy atom. The van der Waals surface area contributed by atoms with Gasteiger partial charge in [-0.2, -0.15) is 0 Å². The molecule has 4 rings (SSSR count). The molecule has 2 nitrogen and oxygen atoms in total. The van der Waals surface area contributed by atoms with Crippen LogP contribution in [0.3, 0.4) is 0 Å². The molecule has 0 aromatic heterocycles. The quantitative estimate of drug-likeness (QED) is 0.860. The molecule has 2 aromatic rings. The number of hydrogen-bond acceptors (Lipinski definition) is 2. The van der Waals surface area contributed by atoms with Crippen LogP contribution in [0, 0.1) is 5.92 Å². The number of rotatable bonds is 4. The Morgan fingerprint density at radius 3 is 2.14 bits per heavy atom. The lowest BCUT2D eigenvalue weighted by Gasteiger charge is -2.34. The van der Waals surface area contributed by atoms with Gasteiger partial charge in [-0.1, -0.05) is 61.5 Å². The molecule has 1 saturated carbocycles. The summed E-state index contributed by atoms with van der Waals surface area (Å²) in [6, 6.07) is 18.8. The summed E-state index contributed by atoms with van der Waals surface area (Å²) in [6.45, 7) is 2.08. The van der Waals surface area contributed by atoms with Crippen molar-refractivity contribution in [2.45, 2.75) is 44.0 Å². The Morgan fingerprint density at radius 1 is 0.955 bits per heavy atom. The van der Waals surface area contributed by atoms with E-state index in [9.17, 15) is 5.11 Å². The van der Waals surface area contributed by atoms with Crippen LogP contribution in [0.5, 0.6) is 0 Å². The molecular weight excluding hydrogens is 272 g/mol. The minimum absolute atomic E-state index is 0.323. The van der Waals surface area contributed by atoms with Gasteiger partial charge in [0.15, 0.2) is 0 Å². The van der Waals surface area contributed by atoms with Crippen molar-refractivity contribution in [3.8, 4) is 11.1 Å². The van der Waals surface area contributed by atoms with Crippen LogP contribution < -0.4 is 0 Å². The van der Waals surface area contributed by atoms with Gasteiger partial charge in [0.25, 0.3) is 0 Å². The van der Waals surface area contributed by atoms with E-state index in [0.717, 1.165) is 24.8 Å². The second-order valence-electron chi connectivity index (χ2n) is 6.60. The first-order chi connectivity index (χ1) is 10.7. The molecule has 0 bridgehead atoms. The molecule has 2 fully saturated rings. The van der Waals surface area contributed by atoms with Crippen LogP contribution in [-0.2, 0) is 10.3 Å². The average molecular weight is 294 g/mol. The highest BCUT2D eigenvalue weighted by molar-refractivity contribution is 5.63. The molecule has 114 valence electrons. The first-order valence-corrected chi connectivity index (χ1v) is 8.24. The normalized spacial score (nSPS) is 28.9. The zero-order chi connectivity index (χ0) is 15.2. The first-order valence-electron chi connectivity index (χ1n) is 8.24. The number of hydrogen-bond donors (Lipinski definition) is 1. The largest absolute Gasteiger partial charge is 0.385 e. The first kappa shape index (κ1) is 14.0. The second-order valence-corrected chi connectivity index (χ2v) is 6.60. The summed E-state index contributed by atoms with van der Waals surface area (Å²) < 4.78 is 5.52. The van der Waals surface area contributed by atoms with Crippen LogP contribution in [0.15, 0.2) is 54.6 Å². The van der Waals surface area contributed by atoms with Crippen molar-refractivity contribution >= 4 is 0 Å². The lowest BCUT2D eigenvalue weighted by Crippen LogP contribution is -2.34. The minimum Gasteiger partial charge on any atom is -0.385 e. The second kappa shape index (κ2) is 5.22. The van der Waals surface area contributed by atoms with E-state index in [1.165, 1.54) is 11.1 Å². The fourth-order valence-corrected chi connectivity index (χ4v) is 3.95. The number of benzene rings is 2. The summed E-state index contributed by atoms with van der Waals surface area (Å²) in [7, 11) is 0. The molecule has 1 heterocycles. The topological polar surface area (TPSA) is 32.8 Å². The highest BCUT2D eigenvalue weighted by atomic mass is 16.6. The Balaban J connectivity index is 1.61. The monoisotopic (exact) mass is 294 g/mol. The third kappa shape index (κ3) is 2.27. The fraction of sp³-hybridized carbons (Fsp3) is 0.400. The smallest absolute Gasteiger partial charge is 0.0923 e. The van der Waals surface area contributed by atoms with Gasteiger partial charge >= 0.3 is 0 Å². The van der Waals surface area contributed by atoms with Crippen LogP contribution in [0.1, 0.15) is 31.7 Å². The molecule has 0 spiro atoms. The molecule has 22 heavy (non-hydrogen) atoms. The fourth-order valence-electron chi connectivity index (χ4n) is 3.95. The van der Waals surface area contributed by atoms with Crippen molar-refractivity contribution in [2.24, 2.45) is 5.92 Å². The Bertz CT molecular complexity index is 639. The van der Waals surface area contributed by atoms with Gasteiger partial charge in [0.1, 0.15) is 0 Å². The van der Waals surface area contributed by atoms with E-state index in [4.69, 9.17) is 4.74 Å². The summed E-state index contributed by atoms with van der Waals surface area (Å²) in [4.78, 5) is 0. The summed E-state index contributed by atoms with van der Waals surface area (Å²) >= 11 is 0. The van der Waals surface area contributed by atoms with Crippen LogP contribution in [0.25, 0.3) is 11.1 Å². The van der Waals surface area contributed by atoms with Gasteiger partial charge in [-0.25, -0.2) is 0 Å². The van der Waals surface area contributed by atoms with Crippen molar-refractivity contribution in [3.05, 3.63) is 60.2 Å². The number of aliphatic hydroxyl groups is 1. The van der Waals surface area contributed by atoms with Crippen LogP contribution in [-0.4, -0.2) is 17.3 Å². The Kier molecular flexibility index (Phi) is 3.32. The summed E-state index contributed by atoms with van der Waals surface area (Å²) in [5.74, 6) is 0.323. The van der Waals surface area contributed by atoms with Crippen molar-refractivity contribution in [3.63, 3.8) is 0 Å². The lowest BCUT2D eigenvalue weighted by molar-refractivity contribution is -0.0379. The lowest BCUT2D eigenvalue weighted by atomic mass is 9.77. The van der Waals surface area contributed by atoms with Gasteiger partial charge in [0.2, 0.25) is 0 Å². The van der Waals surface area contributed by atoms with Gasteiger partial charge in [-0.15, -0.1) is 0 Å². The third-order valence-electron chi connectivity index (χ3n) is 5.43. The maximum Gasteiger partial charge on any atom is 0.0923 e. The van der Waals surface area contributed by atoms with E-state index in [-0.39, 0.29) is 0 Å². The van der Waals surface area contributed by atoms with E-state index in [1.54, 1.807) is 0 Å². The number of ether oxygens (including phenoxy) is 1. The van der Waals surface area contributed by atoms with Crippen LogP contribution >= 0.6 is 0 Å². The van der Waals surface area contributed by atoms with E-state index in [1.807, 2.05) is 6.07 Å². The van der Waals surface area contributed by atoms with E-state index >= 15 is 0 Å². The van der Waals surface area contributed by atoms with Gasteiger partial charge < -0.3 is 9.84 Å². The highest BCUT2D eigenvalue weighted by Crippen LogP contribution is 2.50. The minimum atomic E-state index is -0.716. The molecule has 2 aliphatic rings. The maximum absolute atomic E-state index is 11.2. The van der Waals surface area contributed by atoms with E-state index in [2.05, 4.69) is 55.5 Å². The Labute approximate surface area is 131 Å². The molecule has 1 unspecified atom stereocenters. The van der Waals surface area contributed by atoms with E-state index in [0.29, 0.717) is 18.1 Å². The average Bonchev–Trinajstić information content (AvgIpc) is 3.20. The molecule has 2 aromatic carbocycles. The van der Waals surface area contributed by atoms with Crippen LogP contribution in [0.4, 0.5) is 0 Å². The molecule has 4 atom stereocenters. The summed E-state index contributed by atoms with van der Waals surface area (Å²) in [5.41, 5.74) is 2.73. The van der Waals surface area contributed by atoms with Gasteiger partial charge in [0.05, 0.1) is 17.8 Å². The van der Waals surface area contributed by atoms with Crippen molar-refractivity contribution in [1.29, 1.82) is 0 Å². The molecule has 1 saturated heterocycles. The van der Waals surface area contributed by atoms with Crippen LogP contribution in [0.2, 0.25) is 0 Å². The molecule has 2 heteroatoms.